The molecule has 1 saturated heterocycles. The van der Waals surface area contributed by atoms with Gasteiger partial charge in [-0.1, -0.05) is 0 Å². The summed E-state index contributed by atoms with van der Waals surface area (Å²) in [5.74, 6) is -0.888. The molecule has 0 radical (unpaired) electrons. The minimum absolute atomic E-state index is 0.332. The Morgan fingerprint density at radius 3 is 2.43 bits per heavy atom. The van der Waals surface area contributed by atoms with Crippen molar-refractivity contribution in [2.24, 2.45) is 0 Å². The van der Waals surface area contributed by atoms with Gasteiger partial charge in [0.1, 0.15) is 5.70 Å². The molecule has 0 unspecified atom stereocenters. The minimum Gasteiger partial charge on any atom is -0.477 e. The van der Waals surface area contributed by atoms with E-state index in [4.69, 9.17) is 9.84 Å². The monoisotopic (exact) mass is 200 g/mol. The molecule has 14 heavy (non-hydrogen) atoms. The van der Waals surface area contributed by atoms with Gasteiger partial charge >= 0.3 is 5.97 Å². The van der Waals surface area contributed by atoms with Gasteiger partial charge in [-0.05, 0) is 0 Å². The van der Waals surface area contributed by atoms with Crippen molar-refractivity contribution in [2.75, 3.05) is 40.4 Å². The van der Waals surface area contributed by atoms with E-state index in [0.717, 1.165) is 0 Å². The van der Waals surface area contributed by atoms with Gasteiger partial charge < -0.3 is 19.6 Å². The lowest BCUT2D eigenvalue weighted by Gasteiger charge is -2.29. The van der Waals surface area contributed by atoms with Crippen LogP contribution < -0.4 is 0 Å². The van der Waals surface area contributed by atoms with Crippen molar-refractivity contribution in [3.05, 3.63) is 11.9 Å². The molecule has 1 fully saturated rings. The number of rotatable bonds is 3. The molecule has 1 heterocycles. The third kappa shape index (κ3) is 2.92. The zero-order chi connectivity index (χ0) is 10.6. The zero-order valence-corrected chi connectivity index (χ0v) is 8.56. The van der Waals surface area contributed by atoms with E-state index in [2.05, 4.69) is 0 Å². The Labute approximate surface area is 83.6 Å². The molecule has 5 nitrogen and oxygen atoms in total. The Bertz CT molecular complexity index is 232. The van der Waals surface area contributed by atoms with Crippen molar-refractivity contribution in [3.8, 4) is 0 Å². The Morgan fingerprint density at radius 1 is 1.43 bits per heavy atom. The van der Waals surface area contributed by atoms with Gasteiger partial charge in [0.25, 0.3) is 0 Å². The van der Waals surface area contributed by atoms with E-state index in [1.807, 2.05) is 19.0 Å². The first kappa shape index (κ1) is 10.8. The van der Waals surface area contributed by atoms with Crippen LogP contribution in [0.5, 0.6) is 0 Å². The highest BCUT2D eigenvalue weighted by Gasteiger charge is 2.19. The van der Waals surface area contributed by atoms with E-state index in [-0.39, 0.29) is 0 Å². The van der Waals surface area contributed by atoms with Gasteiger partial charge in [-0.2, -0.15) is 0 Å². The molecule has 80 valence electrons. The lowest BCUT2D eigenvalue weighted by Crippen LogP contribution is -2.38. The lowest BCUT2D eigenvalue weighted by atomic mass is 10.3. The Morgan fingerprint density at radius 2 is 2.00 bits per heavy atom. The molecule has 1 N–H and O–H groups in total. The van der Waals surface area contributed by atoms with Crippen LogP contribution in [-0.2, 0) is 9.53 Å². The molecule has 0 aromatic heterocycles. The fraction of sp³-hybridized carbons (Fsp3) is 0.667. The molecule has 0 atom stereocenters. The first-order valence-corrected chi connectivity index (χ1v) is 4.55. The third-order valence-electron chi connectivity index (χ3n) is 1.95. The normalized spacial score (nSPS) is 18.1. The lowest BCUT2D eigenvalue weighted by molar-refractivity contribution is -0.135. The van der Waals surface area contributed by atoms with E-state index in [0.29, 0.717) is 32.0 Å². The molecule has 1 aliphatic rings. The third-order valence-corrected chi connectivity index (χ3v) is 1.95. The molecule has 0 saturated carbocycles. The number of nitrogens with zero attached hydrogens (tertiary/aromatic N) is 2. The van der Waals surface area contributed by atoms with E-state index < -0.39 is 5.97 Å². The fourth-order valence-corrected chi connectivity index (χ4v) is 1.32. The van der Waals surface area contributed by atoms with Gasteiger partial charge in [-0.25, -0.2) is 4.79 Å². The summed E-state index contributed by atoms with van der Waals surface area (Å²) in [6, 6.07) is 0. The van der Waals surface area contributed by atoms with E-state index >= 15 is 0 Å². The first-order chi connectivity index (χ1) is 6.61. The minimum atomic E-state index is -0.888. The predicted molar refractivity (Wildman–Crippen MR) is 51.8 cm³/mol. The summed E-state index contributed by atoms with van der Waals surface area (Å²) in [5.41, 5.74) is 0.332. The summed E-state index contributed by atoms with van der Waals surface area (Å²) >= 11 is 0. The summed E-state index contributed by atoms with van der Waals surface area (Å²) in [5, 5.41) is 9.00. The summed E-state index contributed by atoms with van der Waals surface area (Å²) < 4.78 is 5.16. The second-order valence-electron chi connectivity index (χ2n) is 3.38. The van der Waals surface area contributed by atoms with Crippen LogP contribution in [-0.4, -0.2) is 61.3 Å². The molecule has 0 spiro atoms. The van der Waals surface area contributed by atoms with Gasteiger partial charge in [-0.15, -0.1) is 0 Å². The van der Waals surface area contributed by atoms with Gasteiger partial charge in [-0.3, -0.25) is 0 Å². The van der Waals surface area contributed by atoms with Crippen LogP contribution in [0.15, 0.2) is 11.9 Å². The average molecular weight is 200 g/mol. The number of morpholine rings is 1. The number of carboxylic acids is 1. The smallest absolute Gasteiger partial charge is 0.353 e. The van der Waals surface area contributed by atoms with E-state index in [9.17, 15) is 4.79 Å². The molecule has 0 aliphatic carbocycles. The van der Waals surface area contributed by atoms with Gasteiger partial charge in [0, 0.05) is 33.4 Å². The van der Waals surface area contributed by atoms with E-state index in [1.165, 1.54) is 0 Å². The van der Waals surface area contributed by atoms with Crippen LogP contribution >= 0.6 is 0 Å². The van der Waals surface area contributed by atoms with E-state index in [1.54, 1.807) is 11.1 Å². The van der Waals surface area contributed by atoms with Gasteiger partial charge in [0.05, 0.1) is 13.2 Å². The summed E-state index contributed by atoms with van der Waals surface area (Å²) in [7, 11) is 3.62. The molecule has 0 bridgehead atoms. The molecule has 0 amide bonds. The highest BCUT2D eigenvalue weighted by atomic mass is 16.5. The van der Waals surface area contributed by atoms with Crippen LogP contribution in [0, 0.1) is 0 Å². The highest BCUT2D eigenvalue weighted by molar-refractivity contribution is 5.85. The summed E-state index contributed by atoms with van der Waals surface area (Å²) in [6.45, 7) is 2.48. The van der Waals surface area contributed by atoms with Crippen LogP contribution in [0.25, 0.3) is 0 Å². The van der Waals surface area contributed by atoms with Gasteiger partial charge in [0.15, 0.2) is 0 Å². The van der Waals surface area contributed by atoms with Crippen molar-refractivity contribution >= 4 is 5.97 Å². The molecule has 5 heteroatoms. The first-order valence-electron chi connectivity index (χ1n) is 4.55. The van der Waals surface area contributed by atoms with Crippen LogP contribution in [0.4, 0.5) is 0 Å². The number of carbonyl (C=O) groups is 1. The maximum absolute atomic E-state index is 11.0. The Kier molecular flexibility index (Phi) is 3.76. The van der Waals surface area contributed by atoms with Crippen molar-refractivity contribution in [2.45, 2.75) is 0 Å². The van der Waals surface area contributed by atoms with Crippen molar-refractivity contribution in [1.29, 1.82) is 0 Å². The van der Waals surface area contributed by atoms with Crippen LogP contribution in [0.3, 0.4) is 0 Å². The second kappa shape index (κ2) is 4.85. The average Bonchev–Trinajstić information content (AvgIpc) is 2.15. The standard InChI is InChI=1S/C9H16N2O3/c1-10(2)7-8(9(12)13)11-3-5-14-6-4-11/h7H,3-6H2,1-2H3,(H,12,13)/b8-7+. The van der Waals surface area contributed by atoms with Crippen molar-refractivity contribution < 1.29 is 14.6 Å². The maximum Gasteiger partial charge on any atom is 0.353 e. The second-order valence-corrected chi connectivity index (χ2v) is 3.38. The van der Waals surface area contributed by atoms with Crippen molar-refractivity contribution in [1.82, 2.24) is 9.80 Å². The highest BCUT2D eigenvalue weighted by Crippen LogP contribution is 2.08. The molecular weight excluding hydrogens is 184 g/mol. The molecule has 1 rings (SSSR count). The topological polar surface area (TPSA) is 53.0 Å². The fourth-order valence-electron chi connectivity index (χ4n) is 1.32. The number of aliphatic carboxylic acids is 1. The summed E-state index contributed by atoms with van der Waals surface area (Å²) in [6.07, 6.45) is 1.62. The largest absolute Gasteiger partial charge is 0.477 e. The number of carboxylic acid groups (broad SMARTS) is 1. The molecule has 1 aliphatic heterocycles. The SMILES string of the molecule is CN(C)/C=C(\C(=O)O)N1CCOCC1. The van der Waals surface area contributed by atoms with Crippen LogP contribution in [0.2, 0.25) is 0 Å². The maximum atomic E-state index is 11.0. The number of ether oxygens (including phenoxy) is 1. The molecule has 0 aromatic rings. The molecular formula is C9H16N2O3. The quantitative estimate of drug-likeness (QED) is 0.640. The predicted octanol–water partition coefficient (Wildman–Crippen LogP) is -0.194. The van der Waals surface area contributed by atoms with Crippen molar-refractivity contribution in [3.63, 3.8) is 0 Å². The number of hydrogen-bond donors (Lipinski definition) is 1. The molecule has 0 aromatic carbocycles. The number of hydrogen-bond acceptors (Lipinski definition) is 4. The zero-order valence-electron chi connectivity index (χ0n) is 8.56. The van der Waals surface area contributed by atoms with Crippen LogP contribution in [0.1, 0.15) is 0 Å². The van der Waals surface area contributed by atoms with Gasteiger partial charge in [0.2, 0.25) is 0 Å². The Balaban J connectivity index is 2.71. The summed E-state index contributed by atoms with van der Waals surface area (Å²) in [4.78, 5) is 14.5. The Hall–Kier alpha value is -1.23.